The molecule has 0 fully saturated rings. The molecule has 0 radical (unpaired) electrons. The quantitative estimate of drug-likeness (QED) is 0.643. The number of hydrogen-bond acceptors (Lipinski definition) is 3. The number of rotatable bonds is 6. The third kappa shape index (κ3) is 4.65. The molecule has 0 unspecified atom stereocenters. The molecule has 2 aromatic heterocycles. The van der Waals surface area contributed by atoms with Crippen LogP contribution in [0.1, 0.15) is 12.0 Å². The molecule has 106 valence electrons. The molecule has 0 spiro atoms. The fraction of sp³-hybridized carbons (Fsp3) is 0.308. The average Bonchev–Trinajstić information content (AvgIpc) is 3.01. The van der Waals surface area contributed by atoms with E-state index in [1.54, 1.807) is 23.2 Å². The van der Waals surface area contributed by atoms with Crippen LogP contribution in [0.25, 0.3) is 6.08 Å². The Morgan fingerprint density at radius 3 is 2.90 bits per heavy atom. The number of aryl methyl sites for hydroxylation is 2. The molecule has 0 saturated heterocycles. The monoisotopic (exact) mass is 337 g/mol. The SMILES string of the molecule is Cn1cc(/C=C/C(=O)NCCCn2cc(Br)cn2)cn1. The number of nitrogens with zero attached hydrogens (tertiary/aromatic N) is 4. The summed E-state index contributed by atoms with van der Waals surface area (Å²) in [7, 11) is 1.84. The highest BCUT2D eigenvalue weighted by Crippen LogP contribution is 2.06. The van der Waals surface area contributed by atoms with Gasteiger partial charge >= 0.3 is 0 Å². The summed E-state index contributed by atoms with van der Waals surface area (Å²) in [6, 6.07) is 0. The van der Waals surface area contributed by atoms with Crippen molar-refractivity contribution in [3.8, 4) is 0 Å². The van der Waals surface area contributed by atoms with Crippen LogP contribution in [0.5, 0.6) is 0 Å². The van der Waals surface area contributed by atoms with Gasteiger partial charge < -0.3 is 5.32 Å². The van der Waals surface area contributed by atoms with Crippen LogP contribution in [0.4, 0.5) is 0 Å². The van der Waals surface area contributed by atoms with Gasteiger partial charge in [0.2, 0.25) is 5.91 Å². The minimum Gasteiger partial charge on any atom is -0.352 e. The topological polar surface area (TPSA) is 64.7 Å². The summed E-state index contributed by atoms with van der Waals surface area (Å²) in [5.74, 6) is -0.101. The van der Waals surface area contributed by atoms with E-state index in [0.717, 1.165) is 23.0 Å². The molecule has 0 saturated carbocycles. The number of nitrogens with one attached hydrogen (secondary N) is 1. The van der Waals surface area contributed by atoms with Gasteiger partial charge in [0.1, 0.15) is 0 Å². The second-order valence-electron chi connectivity index (χ2n) is 4.35. The van der Waals surface area contributed by atoms with Crippen molar-refractivity contribution in [2.75, 3.05) is 6.54 Å². The van der Waals surface area contributed by atoms with Gasteiger partial charge in [-0.2, -0.15) is 10.2 Å². The zero-order chi connectivity index (χ0) is 14.4. The zero-order valence-corrected chi connectivity index (χ0v) is 12.7. The van der Waals surface area contributed by atoms with Gasteiger partial charge in [0.05, 0.1) is 16.9 Å². The van der Waals surface area contributed by atoms with Crippen molar-refractivity contribution in [2.45, 2.75) is 13.0 Å². The van der Waals surface area contributed by atoms with Gasteiger partial charge in [-0.3, -0.25) is 14.2 Å². The highest BCUT2D eigenvalue weighted by Gasteiger charge is 1.98. The molecule has 20 heavy (non-hydrogen) atoms. The zero-order valence-electron chi connectivity index (χ0n) is 11.2. The molecule has 6 nitrogen and oxygen atoms in total. The van der Waals surface area contributed by atoms with Crippen LogP contribution in [0.3, 0.4) is 0 Å². The highest BCUT2D eigenvalue weighted by atomic mass is 79.9. The second-order valence-corrected chi connectivity index (χ2v) is 5.26. The first-order valence-electron chi connectivity index (χ1n) is 6.26. The molecule has 2 rings (SSSR count). The molecule has 0 atom stereocenters. The third-order valence-corrected chi connectivity index (χ3v) is 3.03. The normalized spacial score (nSPS) is 11.1. The van der Waals surface area contributed by atoms with Crippen molar-refractivity contribution < 1.29 is 4.79 Å². The van der Waals surface area contributed by atoms with Crippen LogP contribution in [0.2, 0.25) is 0 Å². The van der Waals surface area contributed by atoms with Crippen LogP contribution in [0.15, 0.2) is 35.3 Å². The van der Waals surface area contributed by atoms with E-state index in [1.165, 1.54) is 6.08 Å². The summed E-state index contributed by atoms with van der Waals surface area (Å²) in [6.07, 6.45) is 11.3. The lowest BCUT2D eigenvalue weighted by atomic mass is 10.3. The Bertz CT molecular complexity index is 601. The Morgan fingerprint density at radius 2 is 2.25 bits per heavy atom. The molecule has 1 N–H and O–H groups in total. The number of carbonyl (C=O) groups is 1. The fourth-order valence-corrected chi connectivity index (χ4v) is 2.00. The summed E-state index contributed by atoms with van der Waals surface area (Å²) in [5.41, 5.74) is 0.907. The molecular formula is C13H16BrN5O. The van der Waals surface area contributed by atoms with Crippen LogP contribution in [-0.2, 0) is 18.4 Å². The molecule has 0 aliphatic heterocycles. The number of halogens is 1. The molecule has 0 aromatic carbocycles. The predicted molar refractivity (Wildman–Crippen MR) is 79.8 cm³/mol. The van der Waals surface area contributed by atoms with E-state index in [4.69, 9.17) is 0 Å². The van der Waals surface area contributed by atoms with Crippen molar-refractivity contribution >= 4 is 27.9 Å². The maximum absolute atomic E-state index is 11.6. The van der Waals surface area contributed by atoms with Gasteiger partial charge in [0, 0.05) is 44.2 Å². The predicted octanol–water partition coefficient (Wildman–Crippen LogP) is 1.60. The van der Waals surface area contributed by atoms with Crippen LogP contribution < -0.4 is 5.32 Å². The van der Waals surface area contributed by atoms with Crippen molar-refractivity contribution in [3.05, 3.63) is 40.9 Å². The van der Waals surface area contributed by atoms with Crippen molar-refractivity contribution in [3.63, 3.8) is 0 Å². The van der Waals surface area contributed by atoms with E-state index in [2.05, 4.69) is 31.4 Å². The molecule has 0 bridgehead atoms. The van der Waals surface area contributed by atoms with Gasteiger partial charge in [-0.15, -0.1) is 0 Å². The average molecular weight is 338 g/mol. The summed E-state index contributed by atoms with van der Waals surface area (Å²) in [6.45, 7) is 1.39. The maximum atomic E-state index is 11.6. The first-order chi connectivity index (χ1) is 9.63. The van der Waals surface area contributed by atoms with Crippen LogP contribution in [0, 0.1) is 0 Å². The number of hydrogen-bond donors (Lipinski definition) is 1. The van der Waals surface area contributed by atoms with Gasteiger partial charge in [-0.05, 0) is 28.4 Å². The highest BCUT2D eigenvalue weighted by molar-refractivity contribution is 9.10. The lowest BCUT2D eigenvalue weighted by Gasteiger charge is -2.02. The van der Waals surface area contributed by atoms with E-state index >= 15 is 0 Å². The minimum absolute atomic E-state index is 0.101. The van der Waals surface area contributed by atoms with Gasteiger partial charge in [0.25, 0.3) is 0 Å². The Labute approximate surface area is 125 Å². The Balaban J connectivity index is 1.66. The fourth-order valence-electron chi connectivity index (χ4n) is 1.67. The first kappa shape index (κ1) is 14.5. The molecule has 2 heterocycles. The molecule has 0 aliphatic carbocycles. The summed E-state index contributed by atoms with van der Waals surface area (Å²) in [4.78, 5) is 11.6. The van der Waals surface area contributed by atoms with Gasteiger partial charge in [-0.1, -0.05) is 0 Å². The van der Waals surface area contributed by atoms with Crippen LogP contribution in [-0.4, -0.2) is 32.0 Å². The minimum atomic E-state index is -0.101. The molecule has 1 amide bonds. The van der Waals surface area contributed by atoms with E-state index < -0.39 is 0 Å². The Morgan fingerprint density at radius 1 is 1.40 bits per heavy atom. The van der Waals surface area contributed by atoms with E-state index in [1.807, 2.05) is 24.1 Å². The van der Waals surface area contributed by atoms with E-state index in [9.17, 15) is 4.79 Å². The molecule has 2 aromatic rings. The number of amides is 1. The van der Waals surface area contributed by atoms with Gasteiger partial charge in [-0.25, -0.2) is 0 Å². The summed E-state index contributed by atoms with van der Waals surface area (Å²) >= 11 is 3.34. The van der Waals surface area contributed by atoms with E-state index in [0.29, 0.717) is 6.54 Å². The van der Waals surface area contributed by atoms with Gasteiger partial charge in [0.15, 0.2) is 0 Å². The summed E-state index contributed by atoms with van der Waals surface area (Å²) in [5, 5.41) is 11.0. The number of aromatic nitrogens is 4. The lowest BCUT2D eigenvalue weighted by molar-refractivity contribution is -0.116. The summed E-state index contributed by atoms with van der Waals surface area (Å²) < 4.78 is 4.49. The largest absolute Gasteiger partial charge is 0.352 e. The van der Waals surface area contributed by atoms with Crippen molar-refractivity contribution in [1.29, 1.82) is 0 Å². The molecular weight excluding hydrogens is 322 g/mol. The smallest absolute Gasteiger partial charge is 0.244 e. The van der Waals surface area contributed by atoms with Crippen molar-refractivity contribution in [1.82, 2.24) is 24.9 Å². The Kier molecular flexibility index (Phi) is 5.11. The standard InChI is InChI=1S/C13H16BrN5O/c1-18-9-11(7-16-18)3-4-13(20)15-5-2-6-19-10-12(14)8-17-19/h3-4,7-10H,2,5-6H2,1H3,(H,15,20)/b4-3+. The molecule has 0 aliphatic rings. The third-order valence-electron chi connectivity index (χ3n) is 2.62. The second kappa shape index (κ2) is 7.04. The Hall–Kier alpha value is -1.89. The maximum Gasteiger partial charge on any atom is 0.244 e. The van der Waals surface area contributed by atoms with Crippen LogP contribution >= 0.6 is 15.9 Å². The first-order valence-corrected chi connectivity index (χ1v) is 7.05. The lowest BCUT2D eigenvalue weighted by Crippen LogP contribution is -2.23. The number of carbonyl (C=O) groups excluding carboxylic acids is 1. The van der Waals surface area contributed by atoms with E-state index in [-0.39, 0.29) is 5.91 Å². The van der Waals surface area contributed by atoms with Crippen molar-refractivity contribution in [2.24, 2.45) is 7.05 Å². The molecule has 7 heteroatoms.